The number of hydrogen-bond donors (Lipinski definition) is 2. The highest BCUT2D eigenvalue weighted by Gasteiger charge is 2.11. The fraction of sp³-hybridized carbons (Fsp3) is 0. The van der Waals surface area contributed by atoms with Crippen LogP contribution < -0.4 is 5.46 Å². The van der Waals surface area contributed by atoms with Crippen LogP contribution in [-0.2, 0) is 0 Å². The Kier molecular flexibility index (Phi) is 10.7. The molecule has 2 aromatic heterocycles. The van der Waals surface area contributed by atoms with Crippen molar-refractivity contribution in [3.05, 3.63) is 143 Å². The summed E-state index contributed by atoms with van der Waals surface area (Å²) in [6, 6.07) is 39.9. The molecule has 0 bridgehead atoms. The van der Waals surface area contributed by atoms with Gasteiger partial charge in [-0.15, -0.1) is 0 Å². The summed E-state index contributed by atoms with van der Waals surface area (Å²) in [7, 11) is -1.38. The van der Waals surface area contributed by atoms with Crippen molar-refractivity contribution in [1.29, 1.82) is 0 Å². The molecule has 2 heterocycles. The third-order valence-electron chi connectivity index (χ3n) is 7.13. The van der Waals surface area contributed by atoms with Crippen LogP contribution in [0.25, 0.3) is 55.0 Å². The summed E-state index contributed by atoms with van der Waals surface area (Å²) in [5, 5.41) is 22.0. The number of fused-ring (bicyclic) bond motifs is 6. The molecule has 8 aromatic rings. The van der Waals surface area contributed by atoms with E-state index in [-0.39, 0.29) is 0 Å². The molecular weight excluding hydrogens is 954 g/mol. The molecular formula is C36H22BBr4IO4. The van der Waals surface area contributed by atoms with Gasteiger partial charge in [0.15, 0.2) is 0 Å². The van der Waals surface area contributed by atoms with E-state index in [1.165, 1.54) is 20.1 Å². The summed E-state index contributed by atoms with van der Waals surface area (Å²) in [6.45, 7) is 0. The number of hydrogen-bond acceptors (Lipinski definition) is 4. The van der Waals surface area contributed by atoms with Crippen LogP contribution in [0.1, 0.15) is 0 Å². The fourth-order valence-electron chi connectivity index (χ4n) is 4.99. The van der Waals surface area contributed by atoms with Crippen molar-refractivity contribution in [2.75, 3.05) is 0 Å². The third-order valence-corrected chi connectivity index (χ3v) is 9.77. The largest absolute Gasteiger partial charge is 0.488 e. The zero-order valence-electron chi connectivity index (χ0n) is 23.7. The highest BCUT2D eigenvalue weighted by molar-refractivity contribution is 14.1. The van der Waals surface area contributed by atoms with Gasteiger partial charge in [-0.1, -0.05) is 94.1 Å². The lowest BCUT2D eigenvalue weighted by Crippen LogP contribution is -2.29. The van der Waals surface area contributed by atoms with Crippen LogP contribution in [0.4, 0.5) is 0 Å². The van der Waals surface area contributed by atoms with Gasteiger partial charge in [-0.25, -0.2) is 0 Å². The predicted molar refractivity (Wildman–Crippen MR) is 213 cm³/mol. The molecule has 0 spiro atoms. The maximum Gasteiger partial charge on any atom is 0.488 e. The first-order chi connectivity index (χ1) is 22.1. The van der Waals surface area contributed by atoms with Crippen LogP contribution in [0.5, 0.6) is 0 Å². The summed E-state index contributed by atoms with van der Waals surface area (Å²) >= 11 is 16.1. The lowest BCUT2D eigenvalue weighted by Gasteiger charge is -2.02. The van der Waals surface area contributed by atoms with Crippen LogP contribution in [0, 0.1) is 3.57 Å². The van der Waals surface area contributed by atoms with Crippen LogP contribution in [0.15, 0.2) is 148 Å². The minimum absolute atomic E-state index is 0.495. The van der Waals surface area contributed by atoms with E-state index in [1.807, 2.05) is 54.6 Å². The minimum Gasteiger partial charge on any atom is -0.456 e. The quantitative estimate of drug-likeness (QED) is 0.134. The normalized spacial score (nSPS) is 10.9. The van der Waals surface area contributed by atoms with Crippen molar-refractivity contribution < 1.29 is 18.9 Å². The molecule has 4 nitrogen and oxygen atoms in total. The average molecular weight is 976 g/mol. The second kappa shape index (κ2) is 14.8. The molecule has 0 saturated heterocycles. The highest BCUT2D eigenvalue weighted by Crippen LogP contribution is 2.35. The molecule has 6 aromatic carbocycles. The van der Waals surface area contributed by atoms with Crippen molar-refractivity contribution >= 4 is 143 Å². The monoisotopic (exact) mass is 972 g/mol. The van der Waals surface area contributed by atoms with E-state index in [4.69, 9.17) is 18.9 Å². The van der Waals surface area contributed by atoms with Gasteiger partial charge < -0.3 is 18.9 Å². The molecule has 2 N–H and O–H groups in total. The van der Waals surface area contributed by atoms with Crippen LogP contribution >= 0.6 is 86.3 Å². The lowest BCUT2D eigenvalue weighted by atomic mass is 9.81. The Morgan fingerprint density at radius 3 is 1.46 bits per heavy atom. The molecule has 0 aliphatic rings. The molecule has 46 heavy (non-hydrogen) atoms. The molecule has 8 rings (SSSR count). The van der Waals surface area contributed by atoms with Gasteiger partial charge in [-0.3, -0.25) is 0 Å². The Morgan fingerprint density at radius 2 is 0.913 bits per heavy atom. The van der Waals surface area contributed by atoms with E-state index in [0.29, 0.717) is 5.46 Å². The summed E-state index contributed by atoms with van der Waals surface area (Å²) in [4.78, 5) is 0. The van der Waals surface area contributed by atoms with Crippen LogP contribution in [-0.4, -0.2) is 17.2 Å². The Hall–Kier alpha value is -2.45. The maximum atomic E-state index is 8.68. The second-order valence-corrected chi connectivity index (χ2v) is 15.2. The van der Waals surface area contributed by atoms with Gasteiger partial charge in [0.25, 0.3) is 0 Å². The molecule has 0 unspecified atom stereocenters. The van der Waals surface area contributed by atoms with E-state index >= 15 is 0 Å². The Balaban J connectivity index is 0.000000130. The molecule has 0 aliphatic carbocycles. The predicted octanol–water partition coefficient (Wildman–Crippen LogP) is 11.9. The van der Waals surface area contributed by atoms with Crippen molar-refractivity contribution in [3.63, 3.8) is 0 Å². The van der Waals surface area contributed by atoms with Crippen molar-refractivity contribution in [1.82, 2.24) is 0 Å². The van der Waals surface area contributed by atoms with E-state index in [0.717, 1.165) is 56.4 Å². The van der Waals surface area contributed by atoms with Crippen molar-refractivity contribution in [2.24, 2.45) is 0 Å². The Morgan fingerprint density at radius 1 is 0.457 bits per heavy atom. The number of benzene rings is 6. The molecule has 10 heteroatoms. The zero-order valence-corrected chi connectivity index (χ0v) is 32.2. The molecule has 0 saturated carbocycles. The van der Waals surface area contributed by atoms with Crippen LogP contribution in [0.2, 0.25) is 0 Å². The standard InChI is InChI=1S/C18H10Br2O.C12H6BrIO.C6H6BBrO2/c19-13-3-1-2-11(8-13)12-4-6-17-15(9-12)16-10-14(20)5-7-18(16)21-17;13-7-1-3-11-9(5-7)10-6-8(14)2-4-12(10)15-11;8-6-3-1-2-5(4-6)7(9)10/h1-10H;1-6H;1-4,9-10H. The van der Waals surface area contributed by atoms with Crippen molar-refractivity contribution in [2.45, 2.75) is 0 Å². The van der Waals surface area contributed by atoms with Gasteiger partial charge in [0.05, 0.1) is 0 Å². The molecule has 0 atom stereocenters. The van der Waals surface area contributed by atoms with Gasteiger partial charge in [0.1, 0.15) is 22.3 Å². The lowest BCUT2D eigenvalue weighted by molar-refractivity contribution is 0.426. The molecule has 228 valence electrons. The van der Waals surface area contributed by atoms with Gasteiger partial charge in [0.2, 0.25) is 0 Å². The highest BCUT2D eigenvalue weighted by atomic mass is 127. The van der Waals surface area contributed by atoms with E-state index in [9.17, 15) is 0 Å². The van der Waals surface area contributed by atoms with Gasteiger partial charge >= 0.3 is 7.12 Å². The fourth-order valence-corrected chi connectivity index (χ4v) is 7.02. The first-order valence-corrected chi connectivity index (χ1v) is 18.2. The molecule has 0 fully saturated rings. The van der Waals surface area contributed by atoms with E-state index in [1.54, 1.807) is 18.2 Å². The van der Waals surface area contributed by atoms with Crippen molar-refractivity contribution in [3.8, 4) is 11.1 Å². The third kappa shape index (κ3) is 7.81. The summed E-state index contributed by atoms with van der Waals surface area (Å²) in [5.41, 5.74) is 6.59. The zero-order chi connectivity index (χ0) is 32.4. The molecule has 0 aliphatic heterocycles. The maximum absolute atomic E-state index is 8.68. The van der Waals surface area contributed by atoms with E-state index in [2.05, 4.69) is 135 Å². The van der Waals surface area contributed by atoms with Gasteiger partial charge in [0, 0.05) is 43.0 Å². The second-order valence-electron chi connectivity index (χ2n) is 10.3. The molecule has 0 radical (unpaired) electrons. The summed E-state index contributed by atoms with van der Waals surface area (Å²) in [6.07, 6.45) is 0. The average Bonchev–Trinajstić information content (AvgIpc) is 3.58. The first-order valence-electron chi connectivity index (χ1n) is 13.9. The number of rotatable bonds is 2. The Bertz CT molecular complexity index is 2280. The van der Waals surface area contributed by atoms with Crippen LogP contribution in [0.3, 0.4) is 0 Å². The molecule has 0 amide bonds. The number of furan rings is 2. The van der Waals surface area contributed by atoms with Gasteiger partial charge in [-0.2, -0.15) is 0 Å². The summed E-state index contributed by atoms with van der Waals surface area (Å²) in [5.74, 6) is 0. The topological polar surface area (TPSA) is 66.7 Å². The first kappa shape index (κ1) is 33.5. The number of halogens is 5. The smallest absolute Gasteiger partial charge is 0.456 e. The van der Waals surface area contributed by atoms with Gasteiger partial charge in [-0.05, 0) is 130 Å². The Labute approximate surface area is 312 Å². The SMILES string of the molecule is Brc1ccc2oc3ccc(I)cc3c2c1.Brc1cccc(-c2ccc3oc4ccc(Br)cc4c3c2)c1.OB(O)c1cccc(Br)c1. The summed E-state index contributed by atoms with van der Waals surface area (Å²) < 4.78 is 16.9. The van der Waals surface area contributed by atoms with E-state index < -0.39 is 7.12 Å². The minimum atomic E-state index is -1.38.